The van der Waals surface area contributed by atoms with Gasteiger partial charge < -0.3 is 10.4 Å². The number of nitrogens with one attached hydrogen (secondary N) is 1. The van der Waals surface area contributed by atoms with Crippen LogP contribution in [-0.4, -0.2) is 22.0 Å². The monoisotopic (exact) mass is 322 g/mol. The third kappa shape index (κ3) is 3.52. The van der Waals surface area contributed by atoms with Crippen molar-refractivity contribution in [2.24, 2.45) is 11.8 Å². The molecule has 5 nitrogen and oxygen atoms in total. The van der Waals surface area contributed by atoms with E-state index in [1.807, 2.05) is 0 Å². The molecule has 1 aromatic heterocycles. The number of aromatic nitrogens is 1. The zero-order chi connectivity index (χ0) is 15.8. The summed E-state index contributed by atoms with van der Waals surface area (Å²) in [5, 5.41) is 12.4. The second-order valence-electron chi connectivity index (χ2n) is 4.83. The molecule has 1 amide bonds. The number of amides is 1. The highest BCUT2D eigenvalue weighted by Gasteiger charge is 2.48. The van der Waals surface area contributed by atoms with Gasteiger partial charge in [-0.2, -0.15) is 13.2 Å². The number of rotatable bonds is 5. The highest BCUT2D eigenvalue weighted by Crippen LogP contribution is 2.39. The molecule has 116 valence electrons. The summed E-state index contributed by atoms with van der Waals surface area (Å²) in [7, 11) is 0. The highest BCUT2D eigenvalue weighted by atomic mass is 32.1. The van der Waals surface area contributed by atoms with Crippen molar-refractivity contribution in [2.75, 3.05) is 0 Å². The summed E-state index contributed by atoms with van der Waals surface area (Å²) < 4.78 is 37.5. The molecule has 2 N–H and O–H groups in total. The number of carboxylic acid groups (broad SMARTS) is 1. The van der Waals surface area contributed by atoms with E-state index >= 15 is 0 Å². The third-order valence-corrected chi connectivity index (χ3v) is 4.24. The molecule has 0 aliphatic heterocycles. The van der Waals surface area contributed by atoms with Crippen molar-refractivity contribution in [3.63, 3.8) is 0 Å². The highest BCUT2D eigenvalue weighted by molar-refractivity contribution is 7.09. The summed E-state index contributed by atoms with van der Waals surface area (Å²) in [6, 6.07) is -0.631. The number of hydrogen-bond acceptors (Lipinski definition) is 4. The Bertz CT molecular complexity index is 558. The maximum atomic E-state index is 12.5. The number of alkyl halides is 3. The van der Waals surface area contributed by atoms with Gasteiger partial charge in [0.05, 0.1) is 17.9 Å². The number of carbonyl (C=O) groups is 2. The molecule has 2 rings (SSSR count). The molecule has 1 fully saturated rings. The van der Waals surface area contributed by atoms with Gasteiger partial charge in [0.15, 0.2) is 5.69 Å². The maximum absolute atomic E-state index is 12.5. The van der Waals surface area contributed by atoms with Crippen molar-refractivity contribution < 1.29 is 27.9 Å². The Balaban J connectivity index is 2.02. The number of halogens is 3. The topological polar surface area (TPSA) is 79.3 Å². The van der Waals surface area contributed by atoms with Gasteiger partial charge in [0.2, 0.25) is 5.91 Å². The van der Waals surface area contributed by atoms with Crippen molar-refractivity contribution in [1.29, 1.82) is 0 Å². The first-order valence-corrected chi connectivity index (χ1v) is 7.17. The van der Waals surface area contributed by atoms with Crippen molar-refractivity contribution in [1.82, 2.24) is 10.3 Å². The predicted molar refractivity (Wildman–Crippen MR) is 67.5 cm³/mol. The lowest BCUT2D eigenvalue weighted by molar-refractivity contribution is -0.141. The Kier molecular flexibility index (Phi) is 4.22. The summed E-state index contributed by atoms with van der Waals surface area (Å²) in [6.07, 6.45) is -3.87. The molecule has 0 unspecified atom stereocenters. The summed E-state index contributed by atoms with van der Waals surface area (Å²) in [6.45, 7) is 1.71. The van der Waals surface area contributed by atoms with Crippen LogP contribution in [0.2, 0.25) is 0 Å². The lowest BCUT2D eigenvalue weighted by Crippen LogP contribution is -2.30. The van der Waals surface area contributed by atoms with Crippen molar-refractivity contribution >= 4 is 23.2 Å². The van der Waals surface area contributed by atoms with E-state index in [1.165, 1.54) is 0 Å². The Morgan fingerprint density at radius 3 is 2.62 bits per heavy atom. The number of hydrogen-bond donors (Lipinski definition) is 2. The molecule has 3 atom stereocenters. The van der Waals surface area contributed by atoms with E-state index in [4.69, 9.17) is 5.11 Å². The molecule has 1 heterocycles. The lowest BCUT2D eigenvalue weighted by Gasteiger charge is -2.14. The average molecular weight is 322 g/mol. The van der Waals surface area contributed by atoms with Gasteiger partial charge in [-0.3, -0.25) is 9.59 Å². The normalized spacial score (nSPS) is 22.7. The van der Waals surface area contributed by atoms with E-state index in [-0.39, 0.29) is 11.4 Å². The van der Waals surface area contributed by atoms with Crippen molar-refractivity contribution in [3.8, 4) is 0 Å². The number of carboxylic acids is 1. The average Bonchev–Trinajstić information content (AvgIpc) is 3.04. The van der Waals surface area contributed by atoms with Crippen LogP contribution < -0.4 is 5.32 Å². The van der Waals surface area contributed by atoms with E-state index in [0.29, 0.717) is 6.42 Å². The van der Waals surface area contributed by atoms with Crippen LogP contribution in [-0.2, 0) is 15.8 Å². The van der Waals surface area contributed by atoms with E-state index in [2.05, 4.69) is 10.3 Å². The summed E-state index contributed by atoms with van der Waals surface area (Å²) >= 11 is 0.828. The van der Waals surface area contributed by atoms with Crippen LogP contribution in [0.15, 0.2) is 5.38 Å². The van der Waals surface area contributed by atoms with Gasteiger partial charge in [-0.15, -0.1) is 11.3 Å². The molecular formula is C12H13F3N2O3S. The maximum Gasteiger partial charge on any atom is 0.434 e. The van der Waals surface area contributed by atoms with Gasteiger partial charge in [0, 0.05) is 5.38 Å². The predicted octanol–water partition coefficient (Wildman–Crippen LogP) is 2.45. The van der Waals surface area contributed by atoms with E-state index < -0.39 is 41.6 Å². The number of aliphatic carboxylic acids is 1. The van der Waals surface area contributed by atoms with Crippen molar-refractivity contribution in [3.05, 3.63) is 16.1 Å². The van der Waals surface area contributed by atoms with Crippen LogP contribution in [0.4, 0.5) is 13.2 Å². The van der Waals surface area contributed by atoms with E-state index in [0.717, 1.165) is 16.7 Å². The smallest absolute Gasteiger partial charge is 0.434 e. The fraction of sp³-hybridized carbons (Fsp3) is 0.583. The lowest BCUT2D eigenvalue weighted by atomic mass is 10.2. The third-order valence-electron chi connectivity index (χ3n) is 3.28. The largest absolute Gasteiger partial charge is 0.481 e. The minimum absolute atomic E-state index is 0.172. The van der Waals surface area contributed by atoms with Gasteiger partial charge in [-0.1, -0.05) is 6.92 Å². The molecule has 21 heavy (non-hydrogen) atoms. The molecule has 0 radical (unpaired) electrons. The molecule has 0 saturated heterocycles. The van der Waals surface area contributed by atoms with E-state index in [9.17, 15) is 22.8 Å². The zero-order valence-corrected chi connectivity index (χ0v) is 11.8. The molecule has 9 heteroatoms. The van der Waals surface area contributed by atoms with E-state index in [1.54, 1.807) is 6.92 Å². The number of nitrogens with zero attached hydrogens (tertiary/aromatic N) is 1. The van der Waals surface area contributed by atoms with Gasteiger partial charge >= 0.3 is 12.1 Å². The van der Waals surface area contributed by atoms with Gasteiger partial charge in [-0.25, -0.2) is 4.98 Å². The molecule has 1 aromatic rings. The second-order valence-corrected chi connectivity index (χ2v) is 5.71. The van der Waals surface area contributed by atoms with Gasteiger partial charge in [0.25, 0.3) is 0 Å². The number of carbonyl (C=O) groups excluding carboxylic acids is 1. The first-order chi connectivity index (χ1) is 9.74. The van der Waals surface area contributed by atoms with Crippen LogP contribution in [0.3, 0.4) is 0 Å². The van der Waals surface area contributed by atoms with Gasteiger partial charge in [-0.05, 0) is 12.8 Å². The van der Waals surface area contributed by atoms with Crippen LogP contribution in [0, 0.1) is 11.8 Å². The molecular weight excluding hydrogens is 309 g/mol. The van der Waals surface area contributed by atoms with Crippen LogP contribution in [0.25, 0.3) is 0 Å². The first kappa shape index (κ1) is 15.7. The summed E-state index contributed by atoms with van der Waals surface area (Å²) in [4.78, 5) is 26.0. The Hall–Kier alpha value is -1.64. The minimum Gasteiger partial charge on any atom is -0.481 e. The van der Waals surface area contributed by atoms with Crippen LogP contribution in [0.5, 0.6) is 0 Å². The fourth-order valence-electron chi connectivity index (χ4n) is 1.95. The van der Waals surface area contributed by atoms with Gasteiger partial charge in [0.1, 0.15) is 5.01 Å². The molecule has 0 spiro atoms. The Labute approximate surface area is 122 Å². The summed E-state index contributed by atoms with van der Waals surface area (Å²) in [5.41, 5.74) is -0.981. The Morgan fingerprint density at radius 2 is 2.19 bits per heavy atom. The number of thiazole rings is 1. The zero-order valence-electron chi connectivity index (χ0n) is 11.0. The van der Waals surface area contributed by atoms with Crippen molar-refractivity contribution in [2.45, 2.75) is 32.0 Å². The van der Waals surface area contributed by atoms with Crippen LogP contribution in [0.1, 0.15) is 36.5 Å². The standard InChI is InChI=1S/C12H13F3N2O3S/c1-2-7(10-17-8(4-21-10)12(13,14)15)16-9(18)5-3-6(5)11(19)20/h4-7H,2-3H2,1H3,(H,16,18)(H,19,20)/t5-,6+,7+/m1/s1. The summed E-state index contributed by atoms with van der Waals surface area (Å²) in [5.74, 6) is -2.77. The SMILES string of the molecule is CC[C@H](NC(=O)[C@@H]1C[C@@H]1C(=O)O)c1nc(C(F)(F)F)cs1. The molecule has 1 saturated carbocycles. The molecule has 0 bridgehead atoms. The molecule has 1 aliphatic carbocycles. The second kappa shape index (κ2) is 5.63. The van der Waals surface area contributed by atoms with Crippen LogP contribution >= 0.6 is 11.3 Å². The minimum atomic E-state index is -4.51. The molecule has 0 aromatic carbocycles. The first-order valence-electron chi connectivity index (χ1n) is 6.29. The Morgan fingerprint density at radius 1 is 1.52 bits per heavy atom. The quantitative estimate of drug-likeness (QED) is 0.873. The molecule has 1 aliphatic rings. The fourth-order valence-corrected chi connectivity index (χ4v) is 2.91.